The van der Waals surface area contributed by atoms with Gasteiger partial charge < -0.3 is 4.57 Å². The summed E-state index contributed by atoms with van der Waals surface area (Å²) in [5.74, 6) is 0. The molecule has 1 aliphatic carbocycles. The summed E-state index contributed by atoms with van der Waals surface area (Å²) in [5.41, 5.74) is 3.29. The van der Waals surface area contributed by atoms with Crippen LogP contribution < -0.4 is 0 Å². The van der Waals surface area contributed by atoms with Gasteiger partial charge in [0.1, 0.15) is 0 Å². The minimum absolute atomic E-state index is 0.00824. The van der Waals surface area contributed by atoms with E-state index in [1.807, 2.05) is 43.3 Å². The minimum Gasteiger partial charge on any atom is -0.336 e. The molecule has 0 saturated heterocycles. The van der Waals surface area contributed by atoms with Crippen molar-refractivity contribution in [3.8, 4) is 0 Å². The Kier molecular flexibility index (Phi) is 3.28. The van der Waals surface area contributed by atoms with Gasteiger partial charge in [-0.3, -0.25) is 0 Å². The molecular weight excluding hydrogens is 342 g/mol. The van der Waals surface area contributed by atoms with Gasteiger partial charge in [0.25, 0.3) is 0 Å². The van der Waals surface area contributed by atoms with Crippen molar-refractivity contribution in [1.29, 1.82) is 0 Å². The number of aromatic nitrogens is 1. The summed E-state index contributed by atoms with van der Waals surface area (Å²) in [6, 6.07) is 23.7. The second-order valence-corrected chi connectivity index (χ2v) is 9.27. The second kappa shape index (κ2) is 5.45. The van der Waals surface area contributed by atoms with Gasteiger partial charge >= 0.3 is 0 Å². The zero-order chi connectivity index (χ0) is 17.9. The summed E-state index contributed by atoms with van der Waals surface area (Å²) in [6.07, 6.45) is 0.666. The van der Waals surface area contributed by atoms with E-state index in [1.165, 1.54) is 10.8 Å². The summed E-state index contributed by atoms with van der Waals surface area (Å²) < 4.78 is 28.4. The third-order valence-electron chi connectivity index (χ3n) is 5.40. The molecule has 3 nitrogen and oxygen atoms in total. The number of fused-ring (bicyclic) bond motifs is 3. The van der Waals surface area contributed by atoms with E-state index in [1.54, 1.807) is 12.1 Å². The molecule has 0 radical (unpaired) electrons. The van der Waals surface area contributed by atoms with Crippen LogP contribution in [-0.2, 0) is 9.84 Å². The molecule has 4 heteroatoms. The van der Waals surface area contributed by atoms with E-state index in [0.717, 1.165) is 16.6 Å². The van der Waals surface area contributed by atoms with Crippen molar-refractivity contribution in [2.45, 2.75) is 29.5 Å². The van der Waals surface area contributed by atoms with Crippen LogP contribution >= 0.6 is 0 Å². The summed E-state index contributed by atoms with van der Waals surface area (Å²) in [5, 5.41) is 2.01. The van der Waals surface area contributed by atoms with Crippen LogP contribution in [0.15, 0.2) is 77.7 Å². The Bertz CT molecular complexity index is 1180. The number of para-hydroxylation sites is 2. The van der Waals surface area contributed by atoms with Crippen LogP contribution in [0, 0.1) is 6.92 Å². The van der Waals surface area contributed by atoms with Crippen LogP contribution in [0.2, 0.25) is 0 Å². The molecular formula is C22H19NO2S. The zero-order valence-corrected chi connectivity index (χ0v) is 15.3. The lowest BCUT2D eigenvalue weighted by molar-refractivity contribution is 0.591. The Hall–Kier alpha value is -2.59. The van der Waals surface area contributed by atoms with E-state index in [2.05, 4.69) is 28.8 Å². The normalized spacial score (nSPS) is 19.9. The molecule has 0 bridgehead atoms. The number of nitrogens with zero attached hydrogens (tertiary/aromatic N) is 1. The highest BCUT2D eigenvalue weighted by Gasteiger charge is 2.50. The van der Waals surface area contributed by atoms with Crippen molar-refractivity contribution >= 4 is 31.6 Å². The third-order valence-corrected chi connectivity index (χ3v) is 7.63. The maximum Gasteiger partial charge on any atom is 0.183 e. The molecule has 1 heterocycles. The smallest absolute Gasteiger partial charge is 0.183 e. The molecule has 26 heavy (non-hydrogen) atoms. The zero-order valence-electron chi connectivity index (χ0n) is 14.5. The van der Waals surface area contributed by atoms with E-state index in [4.69, 9.17) is 0 Å². The molecule has 4 aromatic rings. The molecule has 0 unspecified atom stereocenters. The Balaban J connectivity index is 1.63. The molecule has 0 aliphatic heterocycles. The van der Waals surface area contributed by atoms with Gasteiger partial charge in [0.2, 0.25) is 0 Å². The summed E-state index contributed by atoms with van der Waals surface area (Å²) in [4.78, 5) is 0.427. The fourth-order valence-corrected chi connectivity index (χ4v) is 5.83. The van der Waals surface area contributed by atoms with Gasteiger partial charge in [-0.05, 0) is 37.6 Å². The average Bonchev–Trinajstić information content (AvgIpc) is 3.38. The fourth-order valence-electron chi connectivity index (χ4n) is 3.98. The Morgan fingerprint density at radius 3 is 1.92 bits per heavy atom. The monoisotopic (exact) mass is 361 g/mol. The van der Waals surface area contributed by atoms with Gasteiger partial charge in [-0.2, -0.15) is 0 Å². The number of aryl methyl sites for hydroxylation is 1. The van der Waals surface area contributed by atoms with Crippen molar-refractivity contribution in [2.75, 3.05) is 0 Å². The van der Waals surface area contributed by atoms with Crippen molar-refractivity contribution in [2.24, 2.45) is 0 Å². The van der Waals surface area contributed by atoms with Crippen molar-refractivity contribution in [1.82, 2.24) is 4.57 Å². The lowest BCUT2D eigenvalue weighted by atomic mass is 10.2. The number of hydrogen-bond acceptors (Lipinski definition) is 2. The molecule has 0 spiro atoms. The molecule has 0 amide bonds. The van der Waals surface area contributed by atoms with Gasteiger partial charge in [-0.1, -0.05) is 54.1 Å². The SMILES string of the molecule is Cc1ccc(S(=O)(=O)[C@@H]2C[C@H]2n2c3ccccc3c3ccccc32)cc1. The Morgan fingerprint density at radius 1 is 0.808 bits per heavy atom. The predicted octanol–water partition coefficient (Wildman–Crippen LogP) is 4.89. The van der Waals surface area contributed by atoms with Crippen LogP contribution in [0.25, 0.3) is 21.8 Å². The highest BCUT2D eigenvalue weighted by molar-refractivity contribution is 7.92. The average molecular weight is 361 g/mol. The first-order valence-corrected chi connectivity index (χ1v) is 10.4. The molecule has 5 rings (SSSR count). The molecule has 130 valence electrons. The van der Waals surface area contributed by atoms with Gasteiger partial charge in [0.15, 0.2) is 9.84 Å². The Labute approximate surface area is 152 Å². The summed E-state index contributed by atoms with van der Waals surface area (Å²) >= 11 is 0. The number of hydrogen-bond donors (Lipinski definition) is 0. The van der Waals surface area contributed by atoms with Crippen LogP contribution in [0.4, 0.5) is 0 Å². The maximum absolute atomic E-state index is 13.1. The van der Waals surface area contributed by atoms with Crippen molar-refractivity contribution in [3.63, 3.8) is 0 Å². The van der Waals surface area contributed by atoms with Crippen molar-refractivity contribution < 1.29 is 8.42 Å². The van der Waals surface area contributed by atoms with E-state index in [0.29, 0.717) is 11.3 Å². The third kappa shape index (κ3) is 2.22. The molecule has 1 saturated carbocycles. The van der Waals surface area contributed by atoms with Gasteiger partial charge in [-0.25, -0.2) is 8.42 Å². The van der Waals surface area contributed by atoms with Gasteiger partial charge in [-0.15, -0.1) is 0 Å². The first-order chi connectivity index (χ1) is 12.6. The minimum atomic E-state index is -3.32. The second-order valence-electron chi connectivity index (χ2n) is 7.10. The molecule has 1 aromatic heterocycles. The van der Waals surface area contributed by atoms with Crippen molar-refractivity contribution in [3.05, 3.63) is 78.4 Å². The van der Waals surface area contributed by atoms with Crippen LogP contribution in [-0.4, -0.2) is 18.2 Å². The van der Waals surface area contributed by atoms with Crippen LogP contribution in [0.3, 0.4) is 0 Å². The molecule has 1 aliphatic rings. The maximum atomic E-state index is 13.1. The first-order valence-electron chi connectivity index (χ1n) is 8.85. The quantitative estimate of drug-likeness (QED) is 0.521. The van der Waals surface area contributed by atoms with Gasteiger partial charge in [0.05, 0.1) is 16.2 Å². The topological polar surface area (TPSA) is 39.1 Å². The van der Waals surface area contributed by atoms with Gasteiger partial charge in [0, 0.05) is 21.8 Å². The largest absolute Gasteiger partial charge is 0.336 e. The lowest BCUT2D eigenvalue weighted by Gasteiger charge is -2.08. The summed E-state index contributed by atoms with van der Waals surface area (Å²) in [7, 11) is -3.32. The number of sulfone groups is 1. The predicted molar refractivity (Wildman–Crippen MR) is 105 cm³/mol. The molecule has 3 aromatic carbocycles. The number of benzene rings is 3. The molecule has 2 atom stereocenters. The van der Waals surface area contributed by atoms with Crippen LogP contribution in [0.1, 0.15) is 18.0 Å². The molecule has 0 N–H and O–H groups in total. The standard InChI is InChI=1S/C22H19NO2S/c1-15-10-12-16(13-11-15)26(24,25)22-14-21(22)23-19-8-4-2-6-17(19)18-7-3-5-9-20(18)23/h2-13,21-22H,14H2,1H3/t21-,22-/m1/s1. The molecule has 1 fully saturated rings. The lowest BCUT2D eigenvalue weighted by Crippen LogP contribution is -2.11. The first kappa shape index (κ1) is 15.6. The fraction of sp³-hybridized carbons (Fsp3) is 0.182. The van der Waals surface area contributed by atoms with E-state index in [9.17, 15) is 8.42 Å². The van der Waals surface area contributed by atoms with E-state index < -0.39 is 9.84 Å². The number of rotatable bonds is 3. The highest BCUT2D eigenvalue weighted by Crippen LogP contribution is 2.48. The Morgan fingerprint density at radius 2 is 1.35 bits per heavy atom. The van der Waals surface area contributed by atoms with E-state index in [-0.39, 0.29) is 11.3 Å². The highest BCUT2D eigenvalue weighted by atomic mass is 32.2. The van der Waals surface area contributed by atoms with E-state index >= 15 is 0 Å². The summed E-state index contributed by atoms with van der Waals surface area (Å²) in [6.45, 7) is 1.97. The van der Waals surface area contributed by atoms with Crippen LogP contribution in [0.5, 0.6) is 0 Å².